The molecule has 0 aliphatic carbocycles. The summed E-state index contributed by atoms with van der Waals surface area (Å²) in [4.78, 5) is 23.2. The number of ether oxygens (including phenoxy) is 6. The largest absolute Gasteiger partial charge is 0.463 e. The lowest BCUT2D eigenvalue weighted by atomic mass is 10.2. The molecule has 0 aromatic heterocycles. The van der Waals surface area contributed by atoms with Crippen LogP contribution in [-0.2, 0) is 38.0 Å². The second kappa shape index (κ2) is 20.1. The van der Waals surface area contributed by atoms with Gasteiger partial charge in [0.15, 0.2) is 0 Å². The molecule has 0 amide bonds. The Morgan fingerprint density at radius 1 is 0.621 bits per heavy atom. The molecule has 8 heteroatoms. The Bertz CT molecular complexity index is 366. The van der Waals surface area contributed by atoms with Gasteiger partial charge in [0.2, 0.25) is 0 Å². The summed E-state index contributed by atoms with van der Waals surface area (Å²) in [6.45, 7) is 11.2. The second-order valence-corrected chi connectivity index (χ2v) is 6.70. The molecule has 0 aliphatic heterocycles. The number of rotatable bonds is 20. The standard InChI is InChI=1S/C21H40O8/c1-5-18(3)26-14-10-24-12-16-28-20(22)8-7-9-21(23)29-17-13-25-11-15-27-19(4)6-2/h18-19H,5-17H2,1-4H3. The van der Waals surface area contributed by atoms with Gasteiger partial charge in [0.1, 0.15) is 13.2 Å². The first-order valence-corrected chi connectivity index (χ1v) is 10.7. The highest BCUT2D eigenvalue weighted by molar-refractivity contribution is 5.72. The molecule has 2 atom stereocenters. The number of esters is 2. The molecule has 0 aromatic rings. The third-order valence-corrected chi connectivity index (χ3v) is 4.15. The van der Waals surface area contributed by atoms with Gasteiger partial charge in [-0.15, -0.1) is 0 Å². The highest BCUT2D eigenvalue weighted by atomic mass is 16.6. The van der Waals surface area contributed by atoms with E-state index >= 15 is 0 Å². The van der Waals surface area contributed by atoms with Crippen LogP contribution in [0.25, 0.3) is 0 Å². The molecule has 0 saturated heterocycles. The van der Waals surface area contributed by atoms with E-state index in [9.17, 15) is 9.59 Å². The summed E-state index contributed by atoms with van der Waals surface area (Å²) in [5, 5.41) is 0. The average Bonchev–Trinajstić information content (AvgIpc) is 2.71. The number of hydrogen-bond acceptors (Lipinski definition) is 8. The van der Waals surface area contributed by atoms with Crippen molar-refractivity contribution in [3.63, 3.8) is 0 Å². The molecule has 0 N–H and O–H groups in total. The summed E-state index contributed by atoms with van der Waals surface area (Å²) in [5.41, 5.74) is 0. The Morgan fingerprint density at radius 2 is 1.00 bits per heavy atom. The molecule has 0 spiro atoms. The molecule has 2 unspecified atom stereocenters. The first-order chi connectivity index (χ1) is 14.0. The molecule has 172 valence electrons. The molecule has 0 bridgehead atoms. The molecule has 0 aromatic carbocycles. The van der Waals surface area contributed by atoms with Crippen molar-refractivity contribution in [2.24, 2.45) is 0 Å². The fourth-order valence-corrected chi connectivity index (χ4v) is 2.01. The van der Waals surface area contributed by atoms with E-state index in [1.165, 1.54) is 0 Å². The van der Waals surface area contributed by atoms with E-state index in [1.807, 2.05) is 13.8 Å². The molecule has 0 fully saturated rings. The van der Waals surface area contributed by atoms with Gasteiger partial charge >= 0.3 is 11.9 Å². The second-order valence-electron chi connectivity index (χ2n) is 6.70. The van der Waals surface area contributed by atoms with Gasteiger partial charge in [0, 0.05) is 12.8 Å². The highest BCUT2D eigenvalue weighted by Crippen LogP contribution is 2.01. The van der Waals surface area contributed by atoms with E-state index in [4.69, 9.17) is 28.4 Å². The van der Waals surface area contributed by atoms with Gasteiger partial charge in [-0.3, -0.25) is 9.59 Å². The van der Waals surface area contributed by atoms with Crippen LogP contribution < -0.4 is 0 Å². The highest BCUT2D eigenvalue weighted by Gasteiger charge is 2.07. The van der Waals surface area contributed by atoms with Gasteiger partial charge in [-0.05, 0) is 33.1 Å². The summed E-state index contributed by atoms with van der Waals surface area (Å²) in [7, 11) is 0. The predicted octanol–water partition coefficient (Wildman–Crippen LogP) is 2.91. The van der Waals surface area contributed by atoms with E-state index in [0.717, 1.165) is 12.8 Å². The Kier molecular flexibility index (Phi) is 19.2. The smallest absolute Gasteiger partial charge is 0.305 e. The normalized spacial score (nSPS) is 13.1. The Hall–Kier alpha value is -1.22. The Morgan fingerprint density at radius 3 is 1.38 bits per heavy atom. The van der Waals surface area contributed by atoms with Crippen LogP contribution >= 0.6 is 0 Å². The molecular weight excluding hydrogens is 380 g/mol. The van der Waals surface area contributed by atoms with E-state index in [2.05, 4.69) is 13.8 Å². The van der Waals surface area contributed by atoms with E-state index in [-0.39, 0.29) is 50.2 Å². The van der Waals surface area contributed by atoms with Gasteiger partial charge in [0.05, 0.1) is 51.8 Å². The zero-order valence-electron chi connectivity index (χ0n) is 18.6. The Labute approximate surface area is 175 Å². The lowest BCUT2D eigenvalue weighted by Crippen LogP contribution is -2.16. The van der Waals surface area contributed by atoms with Crippen LogP contribution in [0.2, 0.25) is 0 Å². The van der Waals surface area contributed by atoms with Crippen LogP contribution in [0.4, 0.5) is 0 Å². The summed E-state index contributed by atoms with van der Waals surface area (Å²) in [6.07, 6.45) is 3.13. The topological polar surface area (TPSA) is 89.5 Å². The first kappa shape index (κ1) is 27.8. The summed E-state index contributed by atoms with van der Waals surface area (Å²) in [6, 6.07) is 0. The molecular formula is C21H40O8. The SMILES string of the molecule is CCC(C)OCCOCCOC(=O)CCCC(=O)OCCOCCOC(C)CC. The predicted molar refractivity (Wildman–Crippen MR) is 109 cm³/mol. The lowest BCUT2D eigenvalue weighted by molar-refractivity contribution is -0.147. The van der Waals surface area contributed by atoms with Crippen LogP contribution in [0.15, 0.2) is 0 Å². The summed E-state index contributed by atoms with van der Waals surface area (Å²) < 4.78 is 31.7. The van der Waals surface area contributed by atoms with Crippen molar-refractivity contribution in [3.8, 4) is 0 Å². The number of hydrogen-bond donors (Lipinski definition) is 0. The fraction of sp³-hybridized carbons (Fsp3) is 0.905. The van der Waals surface area contributed by atoms with Crippen molar-refractivity contribution in [2.75, 3.05) is 52.9 Å². The number of carbonyl (C=O) groups is 2. The van der Waals surface area contributed by atoms with Crippen molar-refractivity contribution in [1.29, 1.82) is 0 Å². The van der Waals surface area contributed by atoms with E-state index in [1.54, 1.807) is 0 Å². The minimum atomic E-state index is -0.345. The maximum Gasteiger partial charge on any atom is 0.305 e. The van der Waals surface area contributed by atoms with Gasteiger partial charge in [0.25, 0.3) is 0 Å². The maximum atomic E-state index is 11.6. The molecule has 0 aliphatic rings. The molecule has 0 saturated carbocycles. The van der Waals surface area contributed by atoms with Crippen molar-refractivity contribution in [3.05, 3.63) is 0 Å². The first-order valence-electron chi connectivity index (χ1n) is 10.7. The van der Waals surface area contributed by atoms with E-state index < -0.39 is 0 Å². The van der Waals surface area contributed by atoms with Gasteiger partial charge in [-0.2, -0.15) is 0 Å². The number of carbonyl (C=O) groups excluding carboxylic acids is 2. The molecule has 0 heterocycles. The molecule has 8 nitrogen and oxygen atoms in total. The monoisotopic (exact) mass is 420 g/mol. The fourth-order valence-electron chi connectivity index (χ4n) is 2.01. The van der Waals surface area contributed by atoms with Crippen molar-refractivity contribution >= 4 is 11.9 Å². The van der Waals surface area contributed by atoms with Crippen LogP contribution in [0.1, 0.15) is 59.8 Å². The van der Waals surface area contributed by atoms with Gasteiger partial charge in [-0.25, -0.2) is 0 Å². The van der Waals surface area contributed by atoms with Crippen LogP contribution in [0.3, 0.4) is 0 Å². The van der Waals surface area contributed by atoms with Crippen LogP contribution in [-0.4, -0.2) is 77.0 Å². The van der Waals surface area contributed by atoms with Gasteiger partial charge < -0.3 is 28.4 Å². The van der Waals surface area contributed by atoms with E-state index in [0.29, 0.717) is 46.1 Å². The minimum Gasteiger partial charge on any atom is -0.463 e. The van der Waals surface area contributed by atoms with Crippen molar-refractivity contribution in [2.45, 2.75) is 72.0 Å². The molecule has 0 rings (SSSR count). The summed E-state index contributed by atoms with van der Waals surface area (Å²) >= 11 is 0. The zero-order valence-corrected chi connectivity index (χ0v) is 18.6. The summed E-state index contributed by atoms with van der Waals surface area (Å²) in [5.74, 6) is -0.691. The third kappa shape index (κ3) is 19.9. The van der Waals surface area contributed by atoms with Crippen molar-refractivity contribution in [1.82, 2.24) is 0 Å². The van der Waals surface area contributed by atoms with Crippen molar-refractivity contribution < 1.29 is 38.0 Å². The lowest BCUT2D eigenvalue weighted by Gasteiger charge is -2.11. The van der Waals surface area contributed by atoms with Gasteiger partial charge in [-0.1, -0.05) is 13.8 Å². The third-order valence-electron chi connectivity index (χ3n) is 4.15. The Balaban J connectivity index is 3.39. The average molecular weight is 421 g/mol. The minimum absolute atomic E-state index is 0.176. The van der Waals surface area contributed by atoms with Crippen LogP contribution in [0.5, 0.6) is 0 Å². The van der Waals surface area contributed by atoms with Crippen LogP contribution in [0, 0.1) is 0 Å². The molecule has 29 heavy (non-hydrogen) atoms. The molecule has 0 radical (unpaired) electrons. The zero-order chi connectivity index (χ0) is 21.7. The quantitative estimate of drug-likeness (QED) is 0.219. The maximum absolute atomic E-state index is 11.6.